The van der Waals surface area contributed by atoms with Gasteiger partial charge in [0, 0.05) is 11.8 Å². The molecule has 0 saturated heterocycles. The Hall–Kier alpha value is -1.12. The lowest BCUT2D eigenvalue weighted by molar-refractivity contribution is -0.235. The van der Waals surface area contributed by atoms with Gasteiger partial charge in [0.2, 0.25) is 0 Å². The highest BCUT2D eigenvalue weighted by molar-refractivity contribution is 5.85. The van der Waals surface area contributed by atoms with E-state index in [0.29, 0.717) is 29.5 Å². The summed E-state index contributed by atoms with van der Waals surface area (Å²) in [6, 6.07) is 0. The summed E-state index contributed by atoms with van der Waals surface area (Å²) < 4.78 is 0. The van der Waals surface area contributed by atoms with Gasteiger partial charge in [-0.1, -0.05) is 46.8 Å². The Morgan fingerprint density at radius 1 is 0.879 bits per heavy atom. The van der Waals surface area contributed by atoms with E-state index in [9.17, 15) is 14.7 Å². The predicted octanol–water partition coefficient (Wildman–Crippen LogP) is 7.30. The predicted molar refractivity (Wildman–Crippen MR) is 132 cm³/mol. The van der Waals surface area contributed by atoms with Crippen molar-refractivity contribution in [2.45, 2.75) is 106 Å². The molecule has 9 atom stereocenters. The number of fused-ring (bicyclic) bond motifs is 7. The highest BCUT2D eigenvalue weighted by Gasteiger charge is 2.72. The van der Waals surface area contributed by atoms with E-state index in [1.807, 2.05) is 0 Å². The topological polar surface area (TPSA) is 54.4 Å². The molecule has 0 bridgehead atoms. The highest BCUT2D eigenvalue weighted by atomic mass is 16.4. The van der Waals surface area contributed by atoms with Gasteiger partial charge in [0.15, 0.2) is 0 Å². The summed E-state index contributed by atoms with van der Waals surface area (Å²) in [5.74, 6) is 2.07. The smallest absolute Gasteiger partial charge is 0.309 e. The fourth-order valence-electron chi connectivity index (χ4n) is 11.3. The molecule has 5 aliphatic rings. The number of aliphatic carboxylic acids is 1. The molecule has 5 saturated carbocycles. The molecule has 0 aromatic rings. The first-order chi connectivity index (χ1) is 15.3. The summed E-state index contributed by atoms with van der Waals surface area (Å²) in [4.78, 5) is 25.7. The van der Waals surface area contributed by atoms with E-state index in [-0.39, 0.29) is 27.6 Å². The van der Waals surface area contributed by atoms with E-state index < -0.39 is 11.4 Å². The van der Waals surface area contributed by atoms with Gasteiger partial charge in [-0.2, -0.15) is 0 Å². The van der Waals surface area contributed by atoms with Crippen molar-refractivity contribution in [1.29, 1.82) is 0 Å². The molecule has 5 rings (SSSR count). The summed E-state index contributed by atoms with van der Waals surface area (Å²) in [5.41, 5.74) is 1.03. The Bertz CT molecular complexity index is 902. The first kappa shape index (κ1) is 23.6. The molecule has 0 aromatic carbocycles. The molecule has 3 unspecified atom stereocenters. The number of ketones is 1. The van der Waals surface area contributed by atoms with E-state index in [0.717, 1.165) is 51.4 Å². The molecule has 0 amide bonds. The standard InChI is InChI=1S/C30H46O3/c1-18(2)19-10-15-30(25(32)33)17-16-28(6)20(24(19)30)8-9-22-27(5)13-12-23(31)26(3,4)21(27)11-14-29(22,28)7/h19-22,24H,1,8-17H2,2-7H3,(H,32,33)/t19-,20?,21-,22+,24?,27?,28+,29+,30-/m0/s1. The van der Waals surface area contributed by atoms with Crippen LogP contribution in [0.4, 0.5) is 0 Å². The van der Waals surface area contributed by atoms with Crippen LogP contribution in [0, 0.1) is 56.7 Å². The minimum absolute atomic E-state index is 0.164. The van der Waals surface area contributed by atoms with Gasteiger partial charge in [-0.15, -0.1) is 0 Å². The van der Waals surface area contributed by atoms with Gasteiger partial charge in [0.25, 0.3) is 0 Å². The SMILES string of the molecule is C=C(C)[C@@H]1CC[C@]2(C(=O)O)CC[C@]3(C)C(CC[C@@H]4C5(C)CCC(=O)C(C)(C)[C@@H]5CC[C@]43C)C12. The van der Waals surface area contributed by atoms with Crippen molar-refractivity contribution in [3.8, 4) is 0 Å². The van der Waals surface area contributed by atoms with E-state index in [2.05, 4.69) is 48.1 Å². The molecule has 3 heteroatoms. The van der Waals surface area contributed by atoms with E-state index in [1.165, 1.54) is 18.4 Å². The monoisotopic (exact) mass is 454 g/mol. The number of carboxylic acid groups (broad SMARTS) is 1. The zero-order chi connectivity index (χ0) is 24.2. The fourth-order valence-corrected chi connectivity index (χ4v) is 11.3. The number of carboxylic acids is 1. The van der Waals surface area contributed by atoms with Crippen molar-refractivity contribution in [3.63, 3.8) is 0 Å². The molecule has 184 valence electrons. The van der Waals surface area contributed by atoms with Crippen molar-refractivity contribution in [3.05, 3.63) is 12.2 Å². The maximum atomic E-state index is 12.9. The molecule has 0 spiro atoms. The minimum Gasteiger partial charge on any atom is -0.481 e. The molecule has 0 heterocycles. The molecule has 3 nitrogen and oxygen atoms in total. The lowest BCUT2D eigenvalue weighted by atomic mass is 9.32. The number of carbonyl (C=O) groups is 2. The third kappa shape index (κ3) is 2.69. The normalized spacial score (nSPS) is 52.8. The van der Waals surface area contributed by atoms with Gasteiger partial charge in [-0.05, 0) is 111 Å². The molecule has 0 aromatic heterocycles. The van der Waals surface area contributed by atoms with Crippen LogP contribution in [0.25, 0.3) is 0 Å². The summed E-state index contributed by atoms with van der Waals surface area (Å²) in [6.07, 6.45) is 10.1. The first-order valence-corrected chi connectivity index (χ1v) is 13.7. The Balaban J connectivity index is 1.57. The van der Waals surface area contributed by atoms with Gasteiger partial charge in [0.1, 0.15) is 5.78 Å². The molecule has 1 N–H and O–H groups in total. The van der Waals surface area contributed by atoms with Gasteiger partial charge >= 0.3 is 5.97 Å². The van der Waals surface area contributed by atoms with Crippen molar-refractivity contribution >= 4 is 11.8 Å². The average Bonchev–Trinajstić information content (AvgIpc) is 3.13. The van der Waals surface area contributed by atoms with Gasteiger partial charge in [0.05, 0.1) is 5.41 Å². The van der Waals surface area contributed by atoms with Crippen molar-refractivity contribution in [1.82, 2.24) is 0 Å². The van der Waals surface area contributed by atoms with Gasteiger partial charge in [-0.3, -0.25) is 9.59 Å². The molecular formula is C30H46O3. The summed E-state index contributed by atoms with van der Waals surface area (Å²) in [7, 11) is 0. The molecular weight excluding hydrogens is 408 g/mol. The quantitative estimate of drug-likeness (QED) is 0.445. The number of allylic oxidation sites excluding steroid dienone is 1. The number of carbonyl (C=O) groups excluding carboxylic acids is 1. The molecule has 33 heavy (non-hydrogen) atoms. The Morgan fingerprint density at radius 3 is 2.21 bits per heavy atom. The minimum atomic E-state index is -0.547. The van der Waals surface area contributed by atoms with Crippen LogP contribution in [0.1, 0.15) is 106 Å². The fraction of sp³-hybridized carbons (Fsp3) is 0.867. The van der Waals surface area contributed by atoms with Gasteiger partial charge in [-0.25, -0.2) is 0 Å². The molecule has 0 aliphatic heterocycles. The van der Waals surface area contributed by atoms with E-state index in [1.54, 1.807) is 0 Å². The highest BCUT2D eigenvalue weighted by Crippen LogP contribution is 2.77. The molecule has 5 aliphatic carbocycles. The first-order valence-electron chi connectivity index (χ1n) is 13.7. The van der Waals surface area contributed by atoms with E-state index >= 15 is 0 Å². The number of hydrogen-bond donors (Lipinski definition) is 1. The third-order valence-electron chi connectivity index (χ3n) is 13.2. The Kier molecular flexibility index (Phi) is 4.99. The molecule has 0 radical (unpaired) electrons. The summed E-state index contributed by atoms with van der Waals surface area (Å²) >= 11 is 0. The Morgan fingerprint density at radius 2 is 1.58 bits per heavy atom. The van der Waals surface area contributed by atoms with Crippen LogP contribution < -0.4 is 0 Å². The van der Waals surface area contributed by atoms with Crippen LogP contribution in [0.3, 0.4) is 0 Å². The summed E-state index contributed by atoms with van der Waals surface area (Å²) in [6.45, 7) is 18.5. The van der Waals surface area contributed by atoms with E-state index in [4.69, 9.17) is 0 Å². The van der Waals surface area contributed by atoms with Crippen LogP contribution in [-0.4, -0.2) is 16.9 Å². The average molecular weight is 455 g/mol. The maximum absolute atomic E-state index is 12.9. The van der Waals surface area contributed by atoms with Crippen molar-refractivity contribution < 1.29 is 14.7 Å². The molecule has 5 fully saturated rings. The zero-order valence-electron chi connectivity index (χ0n) is 21.9. The van der Waals surface area contributed by atoms with Crippen LogP contribution in [-0.2, 0) is 9.59 Å². The van der Waals surface area contributed by atoms with Crippen LogP contribution in [0.15, 0.2) is 12.2 Å². The second-order valence-electron chi connectivity index (χ2n) is 14.3. The number of hydrogen-bond acceptors (Lipinski definition) is 2. The second kappa shape index (κ2) is 6.97. The van der Waals surface area contributed by atoms with Crippen LogP contribution >= 0.6 is 0 Å². The van der Waals surface area contributed by atoms with Crippen molar-refractivity contribution in [2.24, 2.45) is 56.7 Å². The summed E-state index contributed by atoms with van der Waals surface area (Å²) in [5, 5.41) is 10.5. The number of rotatable bonds is 2. The maximum Gasteiger partial charge on any atom is 0.309 e. The van der Waals surface area contributed by atoms with Crippen molar-refractivity contribution in [2.75, 3.05) is 0 Å². The lowest BCUT2D eigenvalue weighted by Crippen LogP contribution is -2.66. The number of Topliss-reactive ketones (excluding diaryl/α,β-unsaturated/α-hetero) is 1. The third-order valence-corrected chi connectivity index (χ3v) is 13.2. The second-order valence-corrected chi connectivity index (χ2v) is 14.3. The largest absolute Gasteiger partial charge is 0.481 e. The van der Waals surface area contributed by atoms with Crippen LogP contribution in [0.5, 0.6) is 0 Å². The van der Waals surface area contributed by atoms with Gasteiger partial charge < -0.3 is 5.11 Å². The zero-order valence-corrected chi connectivity index (χ0v) is 21.9. The van der Waals surface area contributed by atoms with Crippen LogP contribution in [0.2, 0.25) is 0 Å². The lowest BCUT2D eigenvalue weighted by Gasteiger charge is -2.72. The Labute approximate surface area is 201 Å².